The molecule has 1 aliphatic heterocycles. The van der Waals surface area contributed by atoms with Gasteiger partial charge in [-0.2, -0.15) is 0 Å². The van der Waals surface area contributed by atoms with Crippen molar-refractivity contribution in [3.05, 3.63) is 112 Å². The summed E-state index contributed by atoms with van der Waals surface area (Å²) in [5, 5.41) is 5.23. The Labute approximate surface area is 254 Å². The number of anilines is 1. The van der Waals surface area contributed by atoms with Crippen LogP contribution in [0.1, 0.15) is 80.2 Å². The highest BCUT2D eigenvalue weighted by atomic mass is 15.2. The molecule has 220 valence electrons. The number of fused-ring (bicyclic) bond motifs is 3. The first-order chi connectivity index (χ1) is 20.1. The Morgan fingerprint density at radius 2 is 1.64 bits per heavy atom. The van der Waals surface area contributed by atoms with Crippen molar-refractivity contribution in [1.82, 2.24) is 0 Å². The van der Waals surface area contributed by atoms with E-state index in [1.54, 1.807) is 0 Å². The molecule has 0 bridgehead atoms. The Hall–Kier alpha value is -3.65. The molecule has 2 nitrogen and oxygen atoms in total. The van der Waals surface area contributed by atoms with E-state index in [2.05, 4.69) is 156 Å². The Morgan fingerprint density at radius 1 is 0.905 bits per heavy atom. The van der Waals surface area contributed by atoms with Crippen LogP contribution < -0.4 is 15.3 Å². The van der Waals surface area contributed by atoms with Gasteiger partial charge in [-0.25, -0.2) is 0 Å². The Balaban J connectivity index is 1.59. The third-order valence-corrected chi connectivity index (χ3v) is 8.81. The first-order valence-corrected chi connectivity index (χ1v) is 15.7. The first-order valence-electron chi connectivity index (χ1n) is 15.7. The molecule has 0 radical (unpaired) electrons. The van der Waals surface area contributed by atoms with E-state index in [4.69, 9.17) is 0 Å². The van der Waals surface area contributed by atoms with E-state index < -0.39 is 0 Å². The lowest BCUT2D eigenvalue weighted by Crippen LogP contribution is -2.30. The number of hydrogen-bond acceptors (Lipinski definition) is 2. The zero-order chi connectivity index (χ0) is 30.3. The van der Waals surface area contributed by atoms with Gasteiger partial charge in [0, 0.05) is 36.1 Å². The highest BCUT2D eigenvalue weighted by molar-refractivity contribution is 5.95. The number of benzene rings is 3. The van der Waals surface area contributed by atoms with E-state index in [1.165, 1.54) is 49.3 Å². The minimum absolute atomic E-state index is 0.0355. The van der Waals surface area contributed by atoms with Crippen LogP contribution >= 0.6 is 0 Å². The normalized spacial score (nSPS) is 17.7. The molecule has 0 amide bonds. The van der Waals surface area contributed by atoms with E-state index in [0.717, 1.165) is 32.4 Å². The van der Waals surface area contributed by atoms with Crippen LogP contribution in [-0.2, 0) is 5.41 Å². The summed E-state index contributed by atoms with van der Waals surface area (Å²) in [6.45, 7) is 20.3. The van der Waals surface area contributed by atoms with Crippen molar-refractivity contribution in [2.75, 3.05) is 18.0 Å². The summed E-state index contributed by atoms with van der Waals surface area (Å²) in [4.78, 5) is 7.04. The second-order valence-electron chi connectivity index (χ2n) is 12.8. The van der Waals surface area contributed by atoms with Crippen molar-refractivity contribution in [3.63, 3.8) is 0 Å². The minimum Gasteiger partial charge on any atom is -0.344 e. The number of aliphatic imine (C=N–C) groups is 1. The van der Waals surface area contributed by atoms with Crippen molar-refractivity contribution in [2.24, 2.45) is 10.4 Å². The number of allylic oxidation sites excluding steroid dienone is 6. The number of hydrogen-bond donors (Lipinski definition) is 0. The second kappa shape index (κ2) is 13.6. The highest BCUT2D eigenvalue weighted by Gasteiger charge is 2.40. The first kappa shape index (κ1) is 31.3. The zero-order valence-corrected chi connectivity index (χ0v) is 27.2. The third kappa shape index (κ3) is 6.70. The fourth-order valence-corrected chi connectivity index (χ4v) is 6.14. The fraction of sp³-hybridized carbons (Fsp3) is 0.375. The lowest BCUT2D eigenvalue weighted by molar-refractivity contribution is 0.502. The van der Waals surface area contributed by atoms with Gasteiger partial charge in [0.15, 0.2) is 0 Å². The van der Waals surface area contributed by atoms with Gasteiger partial charge in [0.25, 0.3) is 0 Å². The average molecular weight is 559 g/mol. The largest absolute Gasteiger partial charge is 0.344 e. The maximum atomic E-state index is 4.50. The molecule has 0 unspecified atom stereocenters. The molecular formula is C40H50N2. The van der Waals surface area contributed by atoms with Crippen molar-refractivity contribution < 1.29 is 0 Å². The standard InChI is InChI=1S/C40H50N2/c1-9-27-41-28-25-33-18-11-13-19-34(33)31(4)39(5,6)26-15-16-30(3)21-24-37-40(7,8)38-35-20-14-12-17-32(35)22-23-36(38)42(37)29-10-2/h11-25,28H,9-10,26-27,29H2,1-8H3/b16-15+,30-21+,33-25-,34-31+,37-24+,41-28?. The molecule has 0 aliphatic carbocycles. The molecule has 0 spiro atoms. The van der Waals surface area contributed by atoms with Crippen LogP contribution in [0.2, 0.25) is 0 Å². The van der Waals surface area contributed by atoms with Gasteiger partial charge in [-0.1, -0.05) is 126 Å². The van der Waals surface area contributed by atoms with Crippen molar-refractivity contribution in [1.29, 1.82) is 0 Å². The van der Waals surface area contributed by atoms with Gasteiger partial charge in [0.1, 0.15) is 0 Å². The van der Waals surface area contributed by atoms with Crippen molar-refractivity contribution >= 4 is 34.3 Å². The monoisotopic (exact) mass is 558 g/mol. The summed E-state index contributed by atoms with van der Waals surface area (Å²) in [6.07, 6.45) is 16.6. The molecule has 2 heteroatoms. The Bertz CT molecular complexity index is 1640. The molecule has 0 atom stereocenters. The molecule has 0 saturated carbocycles. The van der Waals surface area contributed by atoms with Crippen LogP contribution in [0.25, 0.3) is 22.4 Å². The highest BCUT2D eigenvalue weighted by Crippen LogP contribution is 2.50. The van der Waals surface area contributed by atoms with Crippen LogP contribution in [-0.4, -0.2) is 19.3 Å². The van der Waals surface area contributed by atoms with E-state index in [-0.39, 0.29) is 10.8 Å². The van der Waals surface area contributed by atoms with E-state index in [1.807, 2.05) is 6.21 Å². The van der Waals surface area contributed by atoms with Crippen LogP contribution in [0.4, 0.5) is 5.69 Å². The molecule has 0 saturated heterocycles. The van der Waals surface area contributed by atoms with Crippen molar-refractivity contribution in [3.8, 4) is 0 Å². The van der Waals surface area contributed by atoms with Gasteiger partial charge in [0.2, 0.25) is 0 Å². The number of rotatable bonds is 10. The van der Waals surface area contributed by atoms with Gasteiger partial charge in [-0.15, -0.1) is 0 Å². The second-order valence-corrected chi connectivity index (χ2v) is 12.8. The van der Waals surface area contributed by atoms with E-state index >= 15 is 0 Å². The SMILES string of the molecule is CCCN=C/C=c1/cccc/c1=C(/C)C(C)(C)C/C=C/C(C)=C/C=C1/N(CCC)c2ccc3ccccc3c2C1(C)C. The van der Waals surface area contributed by atoms with Gasteiger partial charge < -0.3 is 4.90 Å². The minimum atomic E-state index is -0.0639. The predicted molar refractivity (Wildman–Crippen MR) is 187 cm³/mol. The summed E-state index contributed by atoms with van der Waals surface area (Å²) in [5.41, 5.74) is 6.83. The third-order valence-electron chi connectivity index (χ3n) is 8.81. The van der Waals surface area contributed by atoms with Crippen LogP contribution in [0, 0.1) is 5.41 Å². The quantitative estimate of drug-likeness (QED) is 0.179. The molecule has 42 heavy (non-hydrogen) atoms. The molecule has 3 aromatic carbocycles. The average Bonchev–Trinajstić information content (AvgIpc) is 3.19. The summed E-state index contributed by atoms with van der Waals surface area (Å²) < 4.78 is 0. The van der Waals surface area contributed by atoms with Gasteiger partial charge in [-0.3, -0.25) is 4.99 Å². The van der Waals surface area contributed by atoms with Crippen LogP contribution in [0.15, 0.2) is 101 Å². The van der Waals surface area contributed by atoms with Gasteiger partial charge in [0.05, 0.1) is 0 Å². The summed E-state index contributed by atoms with van der Waals surface area (Å²) in [7, 11) is 0. The van der Waals surface area contributed by atoms with Crippen LogP contribution in [0.5, 0.6) is 0 Å². The molecule has 4 rings (SSSR count). The molecule has 1 aliphatic rings. The molecule has 0 fully saturated rings. The molecule has 3 aromatic rings. The Morgan fingerprint density at radius 3 is 2.40 bits per heavy atom. The molecule has 1 heterocycles. The van der Waals surface area contributed by atoms with E-state index in [9.17, 15) is 0 Å². The van der Waals surface area contributed by atoms with Crippen molar-refractivity contribution in [2.45, 2.75) is 80.1 Å². The lowest BCUT2D eigenvalue weighted by Gasteiger charge is -2.27. The zero-order valence-electron chi connectivity index (χ0n) is 27.2. The topological polar surface area (TPSA) is 15.6 Å². The molecule has 0 N–H and O–H groups in total. The smallest absolute Gasteiger partial charge is 0.0457 e. The van der Waals surface area contributed by atoms with Crippen LogP contribution in [0.3, 0.4) is 0 Å². The molecule has 0 aromatic heterocycles. The number of nitrogens with zero attached hydrogens (tertiary/aromatic N) is 2. The maximum absolute atomic E-state index is 4.50. The summed E-state index contributed by atoms with van der Waals surface area (Å²) in [5.74, 6) is 0. The van der Waals surface area contributed by atoms with E-state index in [0.29, 0.717) is 0 Å². The van der Waals surface area contributed by atoms with Gasteiger partial charge >= 0.3 is 0 Å². The fourth-order valence-electron chi connectivity index (χ4n) is 6.14. The summed E-state index contributed by atoms with van der Waals surface area (Å²) in [6, 6.07) is 22.1. The maximum Gasteiger partial charge on any atom is 0.0457 e. The van der Waals surface area contributed by atoms with Gasteiger partial charge in [-0.05, 0) is 83.5 Å². The molecular weight excluding hydrogens is 508 g/mol. The lowest BCUT2D eigenvalue weighted by atomic mass is 9.80. The Kier molecular flexibility index (Phi) is 10.1. The summed E-state index contributed by atoms with van der Waals surface area (Å²) >= 11 is 0. The predicted octanol–water partition coefficient (Wildman–Crippen LogP) is 9.28.